The molecule has 0 atom stereocenters. The van der Waals surface area contributed by atoms with Crippen LogP contribution in [0.1, 0.15) is 36.5 Å². The summed E-state index contributed by atoms with van der Waals surface area (Å²) in [5.41, 5.74) is 0.480. The summed E-state index contributed by atoms with van der Waals surface area (Å²) in [5, 5.41) is 0. The monoisotopic (exact) mass is 276 g/mol. The number of esters is 1. The number of Topliss-reactive ketones (excluding diaryl/α,β-unsaturated/α-hetero) is 1. The second-order valence-electron chi connectivity index (χ2n) is 4.22. The molecule has 0 unspecified atom stereocenters. The Hall–Kier alpha value is -2.10. The normalized spacial score (nSPS) is 10.5. The van der Waals surface area contributed by atoms with Crippen molar-refractivity contribution in [3.8, 4) is 5.75 Å². The first-order valence-corrected chi connectivity index (χ1v) is 6.65. The maximum Gasteiger partial charge on any atom is 0.313 e. The van der Waals surface area contributed by atoms with Crippen LogP contribution in [0.25, 0.3) is 0 Å². The second kappa shape index (κ2) is 8.91. The first kappa shape index (κ1) is 16.0. The minimum Gasteiger partial charge on any atom is -0.497 e. The molecular weight excluding hydrogens is 256 g/mol. The summed E-state index contributed by atoms with van der Waals surface area (Å²) >= 11 is 0. The van der Waals surface area contributed by atoms with Gasteiger partial charge in [0.05, 0.1) is 13.7 Å². The molecular formula is C16H20O4. The third kappa shape index (κ3) is 5.69. The number of carbonyl (C=O) groups excluding carboxylic acids is 2. The molecule has 1 rings (SSSR count). The fraction of sp³-hybridized carbons (Fsp3) is 0.375. The molecule has 0 radical (unpaired) electrons. The Kier molecular flexibility index (Phi) is 7.11. The number of allylic oxidation sites excluding steroid dienone is 1. The first-order chi connectivity index (χ1) is 9.67. The van der Waals surface area contributed by atoms with Crippen molar-refractivity contribution >= 4 is 11.8 Å². The van der Waals surface area contributed by atoms with E-state index >= 15 is 0 Å². The fourth-order valence-electron chi connectivity index (χ4n) is 1.59. The summed E-state index contributed by atoms with van der Waals surface area (Å²) in [7, 11) is 1.56. The van der Waals surface area contributed by atoms with E-state index in [-0.39, 0.29) is 12.2 Å². The van der Waals surface area contributed by atoms with Gasteiger partial charge in [0.1, 0.15) is 12.2 Å². The SMILES string of the molecule is CC/C=C\CCOC(=O)CC(=O)c1ccc(OC)cc1. The van der Waals surface area contributed by atoms with E-state index in [4.69, 9.17) is 9.47 Å². The van der Waals surface area contributed by atoms with E-state index < -0.39 is 5.97 Å². The number of hydrogen-bond donors (Lipinski definition) is 0. The van der Waals surface area contributed by atoms with Crippen LogP contribution >= 0.6 is 0 Å². The molecule has 20 heavy (non-hydrogen) atoms. The molecule has 0 aromatic heterocycles. The van der Waals surface area contributed by atoms with Crippen molar-refractivity contribution in [3.05, 3.63) is 42.0 Å². The van der Waals surface area contributed by atoms with Gasteiger partial charge in [0.25, 0.3) is 0 Å². The Bertz CT molecular complexity index is 460. The van der Waals surface area contributed by atoms with Crippen LogP contribution in [-0.4, -0.2) is 25.5 Å². The molecule has 0 saturated heterocycles. The van der Waals surface area contributed by atoms with Gasteiger partial charge in [0.15, 0.2) is 5.78 Å². The molecule has 0 fully saturated rings. The number of benzene rings is 1. The maximum absolute atomic E-state index is 11.8. The Morgan fingerprint density at radius 2 is 1.85 bits per heavy atom. The highest BCUT2D eigenvalue weighted by Crippen LogP contribution is 2.12. The van der Waals surface area contributed by atoms with Gasteiger partial charge < -0.3 is 9.47 Å². The first-order valence-electron chi connectivity index (χ1n) is 6.65. The van der Waals surface area contributed by atoms with Crippen LogP contribution in [-0.2, 0) is 9.53 Å². The molecule has 0 aliphatic carbocycles. The summed E-state index contributed by atoms with van der Waals surface area (Å²) in [6.07, 6.45) is 5.37. The highest BCUT2D eigenvalue weighted by atomic mass is 16.5. The van der Waals surface area contributed by atoms with Gasteiger partial charge in [-0.05, 0) is 37.1 Å². The molecule has 0 aliphatic rings. The van der Waals surface area contributed by atoms with Crippen molar-refractivity contribution in [2.75, 3.05) is 13.7 Å². The third-order valence-corrected chi connectivity index (χ3v) is 2.67. The molecule has 0 heterocycles. The quantitative estimate of drug-likeness (QED) is 0.240. The molecule has 1 aromatic carbocycles. The summed E-state index contributed by atoms with van der Waals surface area (Å²) in [6.45, 7) is 2.35. The van der Waals surface area contributed by atoms with Gasteiger partial charge in [-0.25, -0.2) is 0 Å². The van der Waals surface area contributed by atoms with E-state index in [0.717, 1.165) is 6.42 Å². The highest BCUT2D eigenvalue weighted by molar-refractivity contribution is 6.05. The van der Waals surface area contributed by atoms with Crippen LogP contribution in [0.15, 0.2) is 36.4 Å². The lowest BCUT2D eigenvalue weighted by molar-refractivity contribution is -0.142. The second-order valence-corrected chi connectivity index (χ2v) is 4.22. The van der Waals surface area contributed by atoms with Crippen LogP contribution in [0.2, 0.25) is 0 Å². The molecule has 1 aromatic rings. The Morgan fingerprint density at radius 1 is 1.15 bits per heavy atom. The van der Waals surface area contributed by atoms with Gasteiger partial charge in [0, 0.05) is 5.56 Å². The van der Waals surface area contributed by atoms with Crippen LogP contribution in [0, 0.1) is 0 Å². The van der Waals surface area contributed by atoms with E-state index in [2.05, 4.69) is 0 Å². The zero-order chi connectivity index (χ0) is 14.8. The van der Waals surface area contributed by atoms with Crippen molar-refractivity contribution in [2.24, 2.45) is 0 Å². The number of carbonyl (C=O) groups is 2. The molecule has 0 spiro atoms. The predicted molar refractivity (Wildman–Crippen MR) is 76.9 cm³/mol. The Morgan fingerprint density at radius 3 is 2.45 bits per heavy atom. The average Bonchev–Trinajstić information content (AvgIpc) is 2.47. The summed E-state index contributed by atoms with van der Waals surface area (Å²) in [5.74, 6) is -0.0655. The van der Waals surface area contributed by atoms with E-state index in [1.807, 2.05) is 19.1 Å². The number of ketones is 1. The zero-order valence-corrected chi connectivity index (χ0v) is 11.9. The zero-order valence-electron chi connectivity index (χ0n) is 11.9. The minimum atomic E-state index is -0.490. The van der Waals surface area contributed by atoms with Gasteiger partial charge in [-0.1, -0.05) is 19.1 Å². The topological polar surface area (TPSA) is 52.6 Å². The number of hydrogen-bond acceptors (Lipinski definition) is 4. The Balaban J connectivity index is 2.37. The molecule has 4 nitrogen and oxygen atoms in total. The maximum atomic E-state index is 11.8. The Labute approximate surface area is 119 Å². The minimum absolute atomic E-state index is 0.232. The van der Waals surface area contributed by atoms with Gasteiger partial charge in [-0.3, -0.25) is 9.59 Å². The van der Waals surface area contributed by atoms with Crippen molar-refractivity contribution < 1.29 is 19.1 Å². The fourth-order valence-corrected chi connectivity index (χ4v) is 1.59. The average molecular weight is 276 g/mol. The van der Waals surface area contributed by atoms with Crippen molar-refractivity contribution in [1.82, 2.24) is 0 Å². The van der Waals surface area contributed by atoms with Gasteiger partial charge in [-0.15, -0.1) is 0 Å². The standard InChI is InChI=1S/C16H20O4/c1-3-4-5-6-11-20-16(18)12-15(17)13-7-9-14(19-2)10-8-13/h4-5,7-10H,3,6,11-12H2,1-2H3/b5-4-. The lowest BCUT2D eigenvalue weighted by Crippen LogP contribution is -2.12. The van der Waals surface area contributed by atoms with Crippen molar-refractivity contribution in [3.63, 3.8) is 0 Å². The van der Waals surface area contributed by atoms with Gasteiger partial charge in [-0.2, -0.15) is 0 Å². The molecule has 0 saturated carbocycles. The molecule has 0 N–H and O–H groups in total. The van der Waals surface area contributed by atoms with Gasteiger partial charge >= 0.3 is 5.97 Å². The predicted octanol–water partition coefficient (Wildman–Crippen LogP) is 3.17. The lowest BCUT2D eigenvalue weighted by Gasteiger charge is -2.04. The van der Waals surface area contributed by atoms with E-state index in [0.29, 0.717) is 24.3 Å². The van der Waals surface area contributed by atoms with Crippen molar-refractivity contribution in [2.45, 2.75) is 26.2 Å². The molecule has 108 valence electrons. The summed E-state index contributed by atoms with van der Waals surface area (Å²) in [6, 6.07) is 6.65. The van der Waals surface area contributed by atoms with Crippen LogP contribution in [0.3, 0.4) is 0 Å². The molecule has 4 heteroatoms. The van der Waals surface area contributed by atoms with Crippen LogP contribution < -0.4 is 4.74 Å². The summed E-state index contributed by atoms with van der Waals surface area (Å²) < 4.78 is 10.00. The highest BCUT2D eigenvalue weighted by Gasteiger charge is 2.12. The van der Waals surface area contributed by atoms with E-state index in [1.165, 1.54) is 0 Å². The third-order valence-electron chi connectivity index (χ3n) is 2.67. The van der Waals surface area contributed by atoms with E-state index in [9.17, 15) is 9.59 Å². The van der Waals surface area contributed by atoms with Crippen molar-refractivity contribution in [1.29, 1.82) is 0 Å². The lowest BCUT2D eigenvalue weighted by atomic mass is 10.1. The molecule has 0 amide bonds. The molecule has 0 aliphatic heterocycles. The number of rotatable bonds is 8. The summed E-state index contributed by atoms with van der Waals surface area (Å²) in [4.78, 5) is 23.3. The van der Waals surface area contributed by atoms with Crippen LogP contribution in [0.4, 0.5) is 0 Å². The largest absolute Gasteiger partial charge is 0.497 e. The number of ether oxygens (including phenoxy) is 2. The van der Waals surface area contributed by atoms with Crippen LogP contribution in [0.5, 0.6) is 5.75 Å². The molecule has 0 bridgehead atoms. The smallest absolute Gasteiger partial charge is 0.313 e. The number of methoxy groups -OCH3 is 1. The van der Waals surface area contributed by atoms with Gasteiger partial charge in [0.2, 0.25) is 0 Å². The van der Waals surface area contributed by atoms with E-state index in [1.54, 1.807) is 31.4 Å².